The highest BCUT2D eigenvalue weighted by atomic mass is 16.6. The topological polar surface area (TPSA) is 90.9 Å². The van der Waals surface area contributed by atoms with Gasteiger partial charge in [0.1, 0.15) is 0 Å². The van der Waals surface area contributed by atoms with Crippen LogP contribution in [-0.4, -0.2) is 31.1 Å². The molecule has 2 aromatic carbocycles. The van der Waals surface area contributed by atoms with Crippen LogP contribution < -0.4 is 10.1 Å². The quantitative estimate of drug-likeness (QED) is 0.209. The van der Waals surface area contributed by atoms with Gasteiger partial charge in [-0.3, -0.25) is 4.79 Å². The molecular formula is C26H31NO6. The maximum Gasteiger partial charge on any atom is 0.374 e. The van der Waals surface area contributed by atoms with Gasteiger partial charge >= 0.3 is 11.9 Å². The van der Waals surface area contributed by atoms with Crippen LogP contribution in [0.1, 0.15) is 56.0 Å². The molecule has 0 heterocycles. The second kappa shape index (κ2) is 13.7. The fraction of sp³-hybridized carbons (Fsp3) is 0.346. The number of anilines is 1. The summed E-state index contributed by atoms with van der Waals surface area (Å²) < 4.78 is 15.5. The molecule has 0 spiro atoms. The molecular weight excluding hydrogens is 422 g/mol. The normalized spacial score (nSPS) is 10.9. The summed E-state index contributed by atoms with van der Waals surface area (Å²) in [6.07, 6.45) is 5.37. The minimum atomic E-state index is -0.814. The van der Waals surface area contributed by atoms with Crippen molar-refractivity contribution in [2.45, 2.75) is 46.5 Å². The van der Waals surface area contributed by atoms with Gasteiger partial charge in [0.15, 0.2) is 5.75 Å². The Labute approximate surface area is 194 Å². The number of carbonyl (C=O) groups is 3. The van der Waals surface area contributed by atoms with Gasteiger partial charge in [-0.25, -0.2) is 9.59 Å². The molecule has 1 amide bonds. The third-order valence-electron chi connectivity index (χ3n) is 4.65. The highest BCUT2D eigenvalue weighted by Crippen LogP contribution is 2.27. The van der Waals surface area contributed by atoms with Crippen LogP contribution in [0.2, 0.25) is 0 Å². The molecule has 0 aliphatic carbocycles. The smallest absolute Gasteiger partial charge is 0.374 e. The summed E-state index contributed by atoms with van der Waals surface area (Å²) in [5.74, 6) is -2.02. The number of nitrogens with one attached hydrogen (secondary N) is 1. The molecule has 0 aliphatic rings. The van der Waals surface area contributed by atoms with E-state index in [1.807, 2.05) is 12.1 Å². The second-order valence-electron chi connectivity index (χ2n) is 7.19. The highest BCUT2D eigenvalue weighted by Gasteiger charge is 2.19. The van der Waals surface area contributed by atoms with Crippen molar-refractivity contribution in [2.24, 2.45) is 0 Å². The average Bonchev–Trinajstić information content (AvgIpc) is 2.80. The van der Waals surface area contributed by atoms with Crippen molar-refractivity contribution in [1.29, 1.82) is 0 Å². The largest absolute Gasteiger partial charge is 0.463 e. The number of unbranched alkanes of at least 4 members (excludes halogenated alkanes) is 2. The van der Waals surface area contributed by atoms with Gasteiger partial charge in [0, 0.05) is 5.56 Å². The van der Waals surface area contributed by atoms with Crippen molar-refractivity contribution in [3.8, 4) is 5.75 Å². The molecule has 0 unspecified atom stereocenters. The first kappa shape index (κ1) is 25.6. The van der Waals surface area contributed by atoms with Crippen molar-refractivity contribution < 1.29 is 28.6 Å². The predicted octanol–water partition coefficient (Wildman–Crippen LogP) is 5.06. The fourth-order valence-corrected chi connectivity index (χ4v) is 3.00. The Balaban J connectivity index is 2.17. The van der Waals surface area contributed by atoms with E-state index in [1.165, 1.54) is 12.0 Å². The number of esters is 2. The van der Waals surface area contributed by atoms with Gasteiger partial charge in [-0.1, -0.05) is 44.0 Å². The summed E-state index contributed by atoms with van der Waals surface area (Å²) >= 11 is 0. The van der Waals surface area contributed by atoms with Crippen LogP contribution in [0.5, 0.6) is 5.75 Å². The molecule has 0 aromatic heterocycles. The van der Waals surface area contributed by atoms with E-state index in [9.17, 15) is 14.4 Å². The Bertz CT molecular complexity index is 965. The molecule has 0 radical (unpaired) electrons. The molecule has 0 fully saturated rings. The molecule has 176 valence electrons. The van der Waals surface area contributed by atoms with Crippen LogP contribution in [-0.2, 0) is 25.5 Å². The van der Waals surface area contributed by atoms with E-state index >= 15 is 0 Å². The molecule has 0 atom stereocenters. The van der Waals surface area contributed by atoms with Crippen molar-refractivity contribution in [3.63, 3.8) is 0 Å². The number of para-hydroxylation sites is 2. The van der Waals surface area contributed by atoms with E-state index in [0.717, 1.165) is 25.3 Å². The number of benzene rings is 2. The Hall–Kier alpha value is -3.61. The Morgan fingerprint density at radius 1 is 0.879 bits per heavy atom. The van der Waals surface area contributed by atoms with Crippen molar-refractivity contribution in [2.75, 3.05) is 18.5 Å². The lowest BCUT2D eigenvalue weighted by Gasteiger charge is -2.14. The predicted molar refractivity (Wildman–Crippen MR) is 126 cm³/mol. The molecule has 1 N–H and O–H groups in total. The molecule has 0 bridgehead atoms. The molecule has 0 aliphatic heterocycles. The molecule has 33 heavy (non-hydrogen) atoms. The number of aryl methyl sites for hydroxylation is 1. The molecule has 0 saturated heterocycles. The summed E-state index contributed by atoms with van der Waals surface area (Å²) in [6, 6.07) is 14.1. The van der Waals surface area contributed by atoms with Gasteiger partial charge in [0.05, 0.1) is 25.0 Å². The van der Waals surface area contributed by atoms with E-state index in [2.05, 4.69) is 12.2 Å². The van der Waals surface area contributed by atoms with Crippen molar-refractivity contribution in [3.05, 3.63) is 71.5 Å². The lowest BCUT2D eigenvalue weighted by atomic mass is 10.1. The first-order chi connectivity index (χ1) is 16.0. The molecule has 2 aromatic rings. The average molecular weight is 454 g/mol. The van der Waals surface area contributed by atoms with Crippen molar-refractivity contribution in [1.82, 2.24) is 0 Å². The van der Waals surface area contributed by atoms with Gasteiger partial charge in [0.2, 0.25) is 5.76 Å². The number of ether oxygens (including phenoxy) is 3. The summed E-state index contributed by atoms with van der Waals surface area (Å²) in [6.45, 7) is 5.71. The number of hydrogen-bond acceptors (Lipinski definition) is 6. The highest BCUT2D eigenvalue weighted by molar-refractivity contribution is 6.05. The Kier molecular flexibility index (Phi) is 10.7. The van der Waals surface area contributed by atoms with Gasteiger partial charge < -0.3 is 19.5 Å². The molecule has 7 nitrogen and oxygen atoms in total. The van der Waals surface area contributed by atoms with E-state index in [1.54, 1.807) is 50.2 Å². The van der Waals surface area contributed by atoms with Gasteiger partial charge in [-0.15, -0.1) is 0 Å². The zero-order valence-electron chi connectivity index (χ0n) is 19.4. The lowest BCUT2D eigenvalue weighted by Crippen LogP contribution is -2.17. The van der Waals surface area contributed by atoms with E-state index in [4.69, 9.17) is 14.2 Å². The van der Waals surface area contributed by atoms with Crippen LogP contribution in [0.15, 0.2) is 60.4 Å². The first-order valence-corrected chi connectivity index (χ1v) is 11.2. The maximum absolute atomic E-state index is 12.8. The van der Waals surface area contributed by atoms with Crippen LogP contribution in [0.3, 0.4) is 0 Å². The monoisotopic (exact) mass is 453 g/mol. The number of rotatable bonds is 12. The SMILES string of the molecule is CCCCCc1ccc(C(=O)Nc2ccccc2O/C(=C\C(=O)OCC)C(=O)OCC)cc1. The number of hydrogen-bond donors (Lipinski definition) is 1. The van der Waals surface area contributed by atoms with E-state index in [-0.39, 0.29) is 30.6 Å². The fourth-order valence-electron chi connectivity index (χ4n) is 3.00. The summed E-state index contributed by atoms with van der Waals surface area (Å²) in [5.41, 5.74) is 2.03. The van der Waals surface area contributed by atoms with Gasteiger partial charge in [-0.2, -0.15) is 0 Å². The standard InChI is InChI=1S/C26H31NO6/c1-4-7-8-11-19-14-16-20(17-15-19)25(29)27-21-12-9-10-13-22(21)33-23(26(30)32-6-3)18-24(28)31-5-2/h9-10,12-18H,4-8,11H2,1-3H3,(H,27,29)/b23-18-. The van der Waals surface area contributed by atoms with Crippen LogP contribution in [0.25, 0.3) is 0 Å². The maximum atomic E-state index is 12.8. The second-order valence-corrected chi connectivity index (χ2v) is 7.19. The number of carbonyl (C=O) groups excluding carboxylic acids is 3. The zero-order valence-corrected chi connectivity index (χ0v) is 19.4. The third kappa shape index (κ3) is 8.44. The third-order valence-corrected chi connectivity index (χ3v) is 4.65. The molecule has 0 saturated carbocycles. The van der Waals surface area contributed by atoms with Gasteiger partial charge in [-0.05, 0) is 56.5 Å². The molecule has 7 heteroatoms. The van der Waals surface area contributed by atoms with Crippen LogP contribution in [0, 0.1) is 0 Å². The summed E-state index contributed by atoms with van der Waals surface area (Å²) in [7, 11) is 0. The zero-order chi connectivity index (χ0) is 24.1. The number of amides is 1. The van der Waals surface area contributed by atoms with E-state index < -0.39 is 11.9 Å². The molecule has 2 rings (SSSR count). The van der Waals surface area contributed by atoms with Crippen molar-refractivity contribution >= 4 is 23.5 Å². The Morgan fingerprint density at radius 2 is 1.58 bits per heavy atom. The Morgan fingerprint density at radius 3 is 2.24 bits per heavy atom. The first-order valence-electron chi connectivity index (χ1n) is 11.2. The lowest BCUT2D eigenvalue weighted by molar-refractivity contribution is -0.143. The minimum Gasteiger partial charge on any atom is -0.463 e. The summed E-state index contributed by atoms with van der Waals surface area (Å²) in [5, 5.41) is 2.79. The van der Waals surface area contributed by atoms with Crippen LogP contribution in [0.4, 0.5) is 5.69 Å². The van der Waals surface area contributed by atoms with E-state index in [0.29, 0.717) is 11.3 Å². The minimum absolute atomic E-state index is 0.106. The van der Waals surface area contributed by atoms with Crippen LogP contribution >= 0.6 is 0 Å². The summed E-state index contributed by atoms with van der Waals surface area (Å²) in [4.78, 5) is 36.9. The van der Waals surface area contributed by atoms with Gasteiger partial charge in [0.25, 0.3) is 5.91 Å².